The number of aryl methyl sites for hydroxylation is 1. The number of hydrogen-bond donors (Lipinski definition) is 2. The zero-order valence-corrected chi connectivity index (χ0v) is 11.5. The van der Waals surface area contributed by atoms with E-state index >= 15 is 0 Å². The van der Waals surface area contributed by atoms with Crippen molar-refractivity contribution in [1.82, 2.24) is 15.5 Å². The molecule has 2 aromatic rings. The van der Waals surface area contributed by atoms with Crippen molar-refractivity contribution in [1.29, 1.82) is 0 Å². The summed E-state index contributed by atoms with van der Waals surface area (Å²) in [5.74, 6) is 0.0746. The van der Waals surface area contributed by atoms with Crippen LogP contribution in [0.25, 0.3) is 11.5 Å². The first kappa shape index (κ1) is 12.2. The minimum Gasteiger partial charge on any atom is -0.390 e. The second-order valence-corrected chi connectivity index (χ2v) is 5.95. The van der Waals surface area contributed by atoms with Crippen molar-refractivity contribution in [3.63, 3.8) is 0 Å². The summed E-state index contributed by atoms with van der Waals surface area (Å²) in [6.45, 7) is 3.93. The van der Waals surface area contributed by atoms with E-state index in [1.54, 1.807) is 0 Å². The first-order valence-electron chi connectivity index (χ1n) is 6.06. The van der Waals surface area contributed by atoms with Crippen LogP contribution in [0.1, 0.15) is 33.9 Å². The van der Waals surface area contributed by atoms with E-state index in [0.717, 1.165) is 28.8 Å². The fourth-order valence-electron chi connectivity index (χ4n) is 1.81. The van der Waals surface area contributed by atoms with Crippen LogP contribution in [0, 0.1) is 13.8 Å². The Morgan fingerprint density at radius 3 is 2.79 bits per heavy atom. The standard InChI is InChI=1S/C12H14N4O2S/c1-5-6(2)19-9(13)8(5)12-15-10(16-18-12)11(17)14-7-3-4-7/h7H,3-4,13H2,1-2H3,(H,14,17). The lowest BCUT2D eigenvalue weighted by Gasteiger charge is -1.96. The molecule has 1 fully saturated rings. The molecule has 0 bridgehead atoms. The number of nitrogen functional groups attached to an aromatic ring is 1. The summed E-state index contributed by atoms with van der Waals surface area (Å²) >= 11 is 1.48. The summed E-state index contributed by atoms with van der Waals surface area (Å²) in [4.78, 5) is 17.0. The second kappa shape index (κ2) is 4.34. The highest BCUT2D eigenvalue weighted by Gasteiger charge is 2.27. The van der Waals surface area contributed by atoms with Crippen molar-refractivity contribution in [2.24, 2.45) is 0 Å². The summed E-state index contributed by atoms with van der Waals surface area (Å²) in [5, 5.41) is 7.16. The van der Waals surface area contributed by atoms with Gasteiger partial charge in [0.1, 0.15) is 0 Å². The van der Waals surface area contributed by atoms with Crippen molar-refractivity contribution in [3.05, 3.63) is 16.3 Å². The van der Waals surface area contributed by atoms with Gasteiger partial charge in [0, 0.05) is 10.9 Å². The van der Waals surface area contributed by atoms with Crippen molar-refractivity contribution < 1.29 is 9.32 Å². The predicted molar refractivity (Wildman–Crippen MR) is 72.0 cm³/mol. The molecule has 0 atom stereocenters. The summed E-state index contributed by atoms with van der Waals surface area (Å²) < 4.78 is 5.15. The van der Waals surface area contributed by atoms with Gasteiger partial charge in [0.25, 0.3) is 17.6 Å². The number of anilines is 1. The maximum atomic E-state index is 11.8. The van der Waals surface area contributed by atoms with Crippen molar-refractivity contribution in [3.8, 4) is 11.5 Å². The van der Waals surface area contributed by atoms with Gasteiger partial charge in [-0.3, -0.25) is 4.79 Å². The molecule has 0 aliphatic heterocycles. The Bertz CT molecular complexity index is 642. The number of rotatable bonds is 3. The van der Waals surface area contributed by atoms with Gasteiger partial charge in [-0.2, -0.15) is 4.98 Å². The molecule has 0 spiro atoms. The van der Waals surface area contributed by atoms with Crippen LogP contribution in [-0.4, -0.2) is 22.1 Å². The highest BCUT2D eigenvalue weighted by atomic mass is 32.1. The number of thiophene rings is 1. The van der Waals surface area contributed by atoms with E-state index in [-0.39, 0.29) is 17.8 Å². The number of nitrogens with one attached hydrogen (secondary N) is 1. The first-order valence-corrected chi connectivity index (χ1v) is 6.88. The molecule has 19 heavy (non-hydrogen) atoms. The molecule has 2 heterocycles. The summed E-state index contributed by atoms with van der Waals surface area (Å²) in [6, 6.07) is 0.268. The second-order valence-electron chi connectivity index (χ2n) is 4.69. The molecule has 7 heteroatoms. The van der Waals surface area contributed by atoms with Crippen LogP contribution in [-0.2, 0) is 0 Å². The van der Waals surface area contributed by atoms with Gasteiger partial charge >= 0.3 is 0 Å². The molecule has 1 aliphatic rings. The van der Waals surface area contributed by atoms with Gasteiger partial charge in [0.05, 0.1) is 10.6 Å². The topological polar surface area (TPSA) is 94.0 Å². The molecule has 1 aliphatic carbocycles. The normalized spacial score (nSPS) is 14.6. The van der Waals surface area contributed by atoms with Gasteiger partial charge in [0.2, 0.25) is 0 Å². The molecular formula is C12H14N4O2S. The lowest BCUT2D eigenvalue weighted by atomic mass is 10.1. The molecule has 0 aromatic carbocycles. The van der Waals surface area contributed by atoms with Crippen LogP contribution >= 0.6 is 11.3 Å². The number of amides is 1. The molecule has 2 aromatic heterocycles. The Labute approximate surface area is 114 Å². The van der Waals surface area contributed by atoms with Crippen molar-refractivity contribution in [2.45, 2.75) is 32.7 Å². The lowest BCUT2D eigenvalue weighted by molar-refractivity contribution is 0.0937. The summed E-state index contributed by atoms with van der Waals surface area (Å²) in [5.41, 5.74) is 7.69. The Kier molecular flexibility index (Phi) is 2.78. The molecule has 0 saturated heterocycles. The van der Waals surface area contributed by atoms with Gasteiger partial charge in [-0.05, 0) is 32.3 Å². The van der Waals surface area contributed by atoms with Gasteiger partial charge < -0.3 is 15.6 Å². The molecule has 1 amide bonds. The van der Waals surface area contributed by atoms with Crippen LogP contribution in [0.3, 0.4) is 0 Å². The highest BCUT2D eigenvalue weighted by Crippen LogP contribution is 2.37. The molecule has 6 nitrogen and oxygen atoms in total. The number of nitrogens with two attached hydrogens (primary N) is 1. The lowest BCUT2D eigenvalue weighted by Crippen LogP contribution is -2.26. The Balaban J connectivity index is 1.89. The first-order chi connectivity index (χ1) is 9.06. The molecule has 1 saturated carbocycles. The largest absolute Gasteiger partial charge is 0.390 e. The number of carbonyl (C=O) groups excluding carboxylic acids is 1. The average Bonchev–Trinajstić information content (AvgIpc) is 2.96. The van der Waals surface area contributed by atoms with Gasteiger partial charge in [-0.1, -0.05) is 5.16 Å². The summed E-state index contributed by atoms with van der Waals surface area (Å²) in [7, 11) is 0. The summed E-state index contributed by atoms with van der Waals surface area (Å²) in [6.07, 6.45) is 2.04. The van der Waals surface area contributed by atoms with Crippen LogP contribution in [0.4, 0.5) is 5.00 Å². The third-order valence-electron chi connectivity index (χ3n) is 3.17. The van der Waals surface area contributed by atoms with E-state index in [4.69, 9.17) is 10.3 Å². The molecule has 3 rings (SSSR count). The number of carbonyl (C=O) groups is 1. The van der Waals surface area contributed by atoms with Crippen molar-refractivity contribution >= 4 is 22.2 Å². The molecular weight excluding hydrogens is 264 g/mol. The van der Waals surface area contributed by atoms with Crippen LogP contribution < -0.4 is 11.1 Å². The predicted octanol–water partition coefficient (Wildman–Crippen LogP) is 1.89. The third kappa shape index (κ3) is 2.21. The minimum absolute atomic E-state index is 0.0598. The van der Waals surface area contributed by atoms with E-state index in [9.17, 15) is 4.79 Å². The highest BCUT2D eigenvalue weighted by molar-refractivity contribution is 7.16. The van der Waals surface area contributed by atoms with E-state index in [1.165, 1.54) is 11.3 Å². The Morgan fingerprint density at radius 2 is 2.21 bits per heavy atom. The fraction of sp³-hybridized carbons (Fsp3) is 0.417. The van der Waals surface area contributed by atoms with Gasteiger partial charge in [-0.15, -0.1) is 11.3 Å². The van der Waals surface area contributed by atoms with Crippen molar-refractivity contribution in [2.75, 3.05) is 5.73 Å². The zero-order chi connectivity index (χ0) is 13.6. The molecule has 0 unspecified atom stereocenters. The monoisotopic (exact) mass is 278 g/mol. The Morgan fingerprint density at radius 1 is 1.47 bits per heavy atom. The quantitative estimate of drug-likeness (QED) is 0.894. The van der Waals surface area contributed by atoms with Gasteiger partial charge in [-0.25, -0.2) is 0 Å². The maximum Gasteiger partial charge on any atom is 0.292 e. The minimum atomic E-state index is -0.291. The SMILES string of the molecule is Cc1sc(N)c(-c2nc(C(=O)NC3CC3)no2)c1C. The molecule has 100 valence electrons. The van der Waals surface area contributed by atoms with E-state index in [0.29, 0.717) is 10.9 Å². The smallest absolute Gasteiger partial charge is 0.292 e. The number of aromatic nitrogens is 2. The van der Waals surface area contributed by atoms with Crippen LogP contribution in [0.15, 0.2) is 4.52 Å². The van der Waals surface area contributed by atoms with Gasteiger partial charge in [0.15, 0.2) is 0 Å². The fourth-order valence-corrected chi connectivity index (χ4v) is 2.74. The third-order valence-corrected chi connectivity index (χ3v) is 4.20. The molecule has 3 N–H and O–H groups in total. The number of nitrogens with zero attached hydrogens (tertiary/aromatic N) is 2. The van der Waals surface area contributed by atoms with E-state index in [2.05, 4.69) is 15.5 Å². The maximum absolute atomic E-state index is 11.8. The molecule has 0 radical (unpaired) electrons. The van der Waals surface area contributed by atoms with E-state index in [1.807, 2.05) is 13.8 Å². The Hall–Kier alpha value is -1.89. The number of hydrogen-bond acceptors (Lipinski definition) is 6. The van der Waals surface area contributed by atoms with Crippen LogP contribution in [0.2, 0.25) is 0 Å². The van der Waals surface area contributed by atoms with Crippen LogP contribution in [0.5, 0.6) is 0 Å². The van der Waals surface area contributed by atoms with E-state index < -0.39 is 0 Å². The average molecular weight is 278 g/mol. The zero-order valence-electron chi connectivity index (χ0n) is 10.7.